The van der Waals surface area contributed by atoms with Crippen LogP contribution in [0.2, 0.25) is 0 Å². The van der Waals surface area contributed by atoms with Crippen LogP contribution in [0.4, 0.5) is 0 Å². The van der Waals surface area contributed by atoms with Crippen molar-refractivity contribution in [1.29, 1.82) is 0 Å². The number of carbonyl (C=O) groups is 4. The average Bonchev–Trinajstić information content (AvgIpc) is 3.17. The van der Waals surface area contributed by atoms with Crippen molar-refractivity contribution in [2.75, 3.05) is 65.9 Å². The molecule has 1 aliphatic heterocycles. The molecule has 2 rings (SSSR count). The number of hydrogen-bond donors (Lipinski definition) is 1. The van der Waals surface area contributed by atoms with E-state index in [-0.39, 0.29) is 51.1 Å². The third-order valence-corrected chi connectivity index (χ3v) is 5.47. The van der Waals surface area contributed by atoms with Gasteiger partial charge in [-0.1, -0.05) is 12.2 Å². The molecule has 0 radical (unpaired) electrons. The predicted molar refractivity (Wildman–Crippen MR) is 130 cm³/mol. The molecule has 1 N–H and O–H groups in total. The van der Waals surface area contributed by atoms with Crippen LogP contribution in [0.3, 0.4) is 0 Å². The predicted octanol–water partition coefficient (Wildman–Crippen LogP) is 1.07. The van der Waals surface area contributed by atoms with Crippen LogP contribution in [0.5, 0.6) is 0 Å². The molecular formula is C25H40N2O10. The van der Waals surface area contributed by atoms with Gasteiger partial charge in [-0.25, -0.2) is 4.79 Å². The zero-order chi connectivity index (χ0) is 26.6. The van der Waals surface area contributed by atoms with E-state index in [2.05, 4.69) is 17.5 Å². The first-order valence-electron chi connectivity index (χ1n) is 13.0. The van der Waals surface area contributed by atoms with Gasteiger partial charge in [-0.3, -0.25) is 14.4 Å². The van der Waals surface area contributed by atoms with Crippen molar-refractivity contribution < 1.29 is 47.7 Å². The second-order valence-corrected chi connectivity index (χ2v) is 8.51. The molecule has 1 fully saturated rings. The Balaban J connectivity index is 1.28. The fourth-order valence-electron chi connectivity index (χ4n) is 3.53. The van der Waals surface area contributed by atoms with Crippen molar-refractivity contribution in [3.8, 4) is 0 Å². The van der Waals surface area contributed by atoms with Gasteiger partial charge in [0.2, 0.25) is 0 Å². The van der Waals surface area contributed by atoms with Crippen molar-refractivity contribution in [3.63, 3.8) is 0 Å². The quantitative estimate of drug-likeness (QED) is 0.111. The summed E-state index contributed by atoms with van der Waals surface area (Å²) in [6, 6.07) is 0. The van der Waals surface area contributed by atoms with E-state index in [1.807, 2.05) is 0 Å². The van der Waals surface area contributed by atoms with E-state index in [1.54, 1.807) is 0 Å². The second-order valence-electron chi connectivity index (χ2n) is 8.51. The lowest BCUT2D eigenvalue weighted by molar-refractivity contribution is -0.198. The molecule has 12 heteroatoms. The van der Waals surface area contributed by atoms with Crippen molar-refractivity contribution in [2.45, 2.75) is 57.5 Å². The summed E-state index contributed by atoms with van der Waals surface area (Å²) in [5.41, 5.74) is 0. The Labute approximate surface area is 217 Å². The Morgan fingerprint density at radius 3 is 2.05 bits per heavy atom. The van der Waals surface area contributed by atoms with Crippen molar-refractivity contribution >= 4 is 23.8 Å². The van der Waals surface area contributed by atoms with Crippen LogP contribution in [0.15, 0.2) is 12.2 Å². The van der Waals surface area contributed by atoms with Gasteiger partial charge in [0.25, 0.3) is 11.8 Å². The lowest BCUT2D eigenvalue weighted by Crippen LogP contribution is -2.32. The number of nitrogens with one attached hydrogen (secondary N) is 1. The molecule has 0 spiro atoms. The summed E-state index contributed by atoms with van der Waals surface area (Å²) in [7, 11) is 0. The third kappa shape index (κ3) is 14.8. The first kappa shape index (κ1) is 30.8. The number of hydrogen-bond acceptors (Lipinski definition) is 11. The first-order chi connectivity index (χ1) is 18.1. The van der Waals surface area contributed by atoms with Crippen molar-refractivity contribution in [3.05, 3.63) is 12.2 Å². The number of hydroxylamine groups is 2. The summed E-state index contributed by atoms with van der Waals surface area (Å²) >= 11 is 0. The summed E-state index contributed by atoms with van der Waals surface area (Å²) in [5.74, 6) is -1.94. The van der Waals surface area contributed by atoms with Gasteiger partial charge in [-0.2, -0.15) is 0 Å². The fraction of sp³-hybridized carbons (Fsp3) is 0.760. The van der Waals surface area contributed by atoms with Crippen LogP contribution in [-0.4, -0.2) is 101 Å². The van der Waals surface area contributed by atoms with E-state index in [0.717, 1.165) is 32.1 Å². The Morgan fingerprint density at radius 2 is 1.38 bits per heavy atom. The Hall–Kier alpha value is -2.38. The highest BCUT2D eigenvalue weighted by Crippen LogP contribution is 2.15. The molecule has 1 atom stereocenters. The molecule has 0 aromatic carbocycles. The maximum atomic E-state index is 11.9. The number of imide groups is 1. The zero-order valence-corrected chi connectivity index (χ0v) is 21.5. The van der Waals surface area contributed by atoms with E-state index < -0.39 is 17.8 Å². The molecule has 12 nitrogen and oxygen atoms in total. The van der Waals surface area contributed by atoms with E-state index >= 15 is 0 Å². The van der Waals surface area contributed by atoms with Crippen molar-refractivity contribution in [1.82, 2.24) is 10.4 Å². The number of amides is 2. The molecule has 210 valence electrons. The summed E-state index contributed by atoms with van der Waals surface area (Å²) < 4.78 is 27.0. The number of nitrogens with zero attached hydrogens (tertiary/aromatic N) is 1. The number of ether oxygens (including phenoxy) is 5. The summed E-state index contributed by atoms with van der Waals surface area (Å²) in [6.07, 6.45) is 9.28. The SMILES string of the molecule is O=C(CNCCOCCOCCOCCOCCC(=O)ON1C(=O)CCC1=O)OC1CC/C=C\CCC1. The smallest absolute Gasteiger partial charge is 0.335 e. The van der Waals surface area contributed by atoms with Gasteiger partial charge in [0.1, 0.15) is 6.10 Å². The lowest BCUT2D eigenvalue weighted by Gasteiger charge is -2.18. The van der Waals surface area contributed by atoms with Crippen molar-refractivity contribution in [2.24, 2.45) is 0 Å². The van der Waals surface area contributed by atoms with Crippen LogP contribution in [0, 0.1) is 0 Å². The normalized spacial score (nSPS) is 18.9. The third-order valence-electron chi connectivity index (χ3n) is 5.47. The first-order valence-corrected chi connectivity index (χ1v) is 13.0. The molecule has 2 aliphatic rings. The topological polar surface area (TPSA) is 139 Å². The second kappa shape index (κ2) is 19.7. The minimum atomic E-state index is -0.697. The Kier molecular flexibility index (Phi) is 16.4. The largest absolute Gasteiger partial charge is 0.461 e. The number of allylic oxidation sites excluding steroid dienone is 2. The maximum absolute atomic E-state index is 11.9. The van der Waals surface area contributed by atoms with Gasteiger partial charge < -0.3 is 33.8 Å². The molecule has 1 unspecified atom stereocenters. The van der Waals surface area contributed by atoms with Crippen LogP contribution in [-0.2, 0) is 47.7 Å². The fourth-order valence-corrected chi connectivity index (χ4v) is 3.53. The Morgan fingerprint density at radius 1 is 0.784 bits per heavy atom. The lowest BCUT2D eigenvalue weighted by atomic mass is 10.0. The summed E-state index contributed by atoms with van der Waals surface area (Å²) in [4.78, 5) is 51.0. The summed E-state index contributed by atoms with van der Waals surface area (Å²) in [6.45, 7) is 3.60. The van der Waals surface area contributed by atoms with E-state index in [4.69, 9.17) is 28.5 Å². The zero-order valence-electron chi connectivity index (χ0n) is 21.5. The molecule has 2 amide bonds. The van der Waals surface area contributed by atoms with Crippen LogP contribution >= 0.6 is 0 Å². The minimum absolute atomic E-state index is 0.0162. The highest BCUT2D eigenvalue weighted by Gasteiger charge is 2.32. The average molecular weight is 529 g/mol. The van der Waals surface area contributed by atoms with Crippen LogP contribution in [0.1, 0.15) is 51.4 Å². The van der Waals surface area contributed by atoms with Gasteiger partial charge in [0.05, 0.1) is 65.8 Å². The highest BCUT2D eigenvalue weighted by molar-refractivity contribution is 6.01. The molecule has 1 heterocycles. The Bertz CT molecular complexity index is 714. The standard InChI is InChI=1S/C25H40N2O10/c28-22-8-9-23(29)27(22)37-24(30)10-12-32-14-16-34-18-19-35-17-15-33-13-11-26-20-25(31)36-21-6-4-2-1-3-5-7-21/h1-2,21,26H,3-20H2/b2-1-. The van der Waals surface area contributed by atoms with E-state index in [0.29, 0.717) is 51.2 Å². The molecule has 37 heavy (non-hydrogen) atoms. The molecule has 0 aromatic rings. The van der Waals surface area contributed by atoms with E-state index in [1.165, 1.54) is 0 Å². The van der Waals surface area contributed by atoms with Gasteiger partial charge in [-0.15, -0.1) is 5.06 Å². The molecule has 1 aliphatic carbocycles. The van der Waals surface area contributed by atoms with Gasteiger partial charge >= 0.3 is 11.9 Å². The van der Waals surface area contributed by atoms with E-state index in [9.17, 15) is 19.2 Å². The summed E-state index contributed by atoms with van der Waals surface area (Å²) in [5, 5.41) is 3.55. The maximum Gasteiger partial charge on any atom is 0.335 e. The monoisotopic (exact) mass is 528 g/mol. The van der Waals surface area contributed by atoms with Gasteiger partial charge in [-0.05, 0) is 32.1 Å². The number of carbonyl (C=O) groups excluding carboxylic acids is 4. The molecular weight excluding hydrogens is 488 g/mol. The molecule has 1 saturated heterocycles. The van der Waals surface area contributed by atoms with Crippen LogP contribution in [0.25, 0.3) is 0 Å². The van der Waals surface area contributed by atoms with Crippen LogP contribution < -0.4 is 5.32 Å². The van der Waals surface area contributed by atoms with Gasteiger partial charge in [0.15, 0.2) is 0 Å². The molecule has 0 aromatic heterocycles. The number of rotatable bonds is 19. The highest BCUT2D eigenvalue weighted by atomic mass is 16.7. The minimum Gasteiger partial charge on any atom is -0.461 e. The van der Waals surface area contributed by atoms with Gasteiger partial charge in [0, 0.05) is 19.4 Å². The number of esters is 1. The molecule has 0 saturated carbocycles. The molecule has 0 bridgehead atoms.